The van der Waals surface area contributed by atoms with Crippen molar-refractivity contribution in [3.8, 4) is 5.69 Å². The van der Waals surface area contributed by atoms with Crippen LogP contribution in [-0.2, 0) is 0 Å². The molecule has 1 unspecified atom stereocenters. The Morgan fingerprint density at radius 1 is 1.16 bits per heavy atom. The number of urea groups is 1. The van der Waals surface area contributed by atoms with E-state index in [4.69, 9.17) is 11.6 Å². The van der Waals surface area contributed by atoms with Crippen LogP contribution in [0.3, 0.4) is 0 Å². The number of benzene rings is 2. The summed E-state index contributed by atoms with van der Waals surface area (Å²) in [4.78, 5) is 18.0. The third kappa shape index (κ3) is 3.97. The van der Waals surface area contributed by atoms with E-state index in [0.29, 0.717) is 10.7 Å². The van der Waals surface area contributed by atoms with Gasteiger partial charge >= 0.3 is 6.03 Å². The summed E-state index contributed by atoms with van der Waals surface area (Å²) in [5, 5.41) is 7.59. The van der Waals surface area contributed by atoms with Crippen LogP contribution in [0, 0.1) is 0 Å². The highest BCUT2D eigenvalue weighted by atomic mass is 35.5. The first kappa shape index (κ1) is 17.0. The molecular weight excluding hydrogens is 338 g/mol. The number of carbonyl (C=O) groups excluding carboxylic acids is 1. The first-order chi connectivity index (χ1) is 12.0. The third-order valence-electron chi connectivity index (χ3n) is 4.06. The Morgan fingerprint density at radius 2 is 1.84 bits per heavy atom. The second-order valence-electron chi connectivity index (χ2n) is 5.66. The molecule has 2 aromatic carbocycles. The van der Waals surface area contributed by atoms with Crippen LogP contribution in [0.4, 0.5) is 10.5 Å². The number of amides is 2. The van der Waals surface area contributed by atoms with Gasteiger partial charge in [0.25, 0.3) is 0 Å². The number of carbonyl (C=O) groups is 1. The lowest BCUT2D eigenvalue weighted by Gasteiger charge is -2.25. The molecule has 2 amide bonds. The molecule has 6 nitrogen and oxygen atoms in total. The molecule has 0 spiro atoms. The summed E-state index contributed by atoms with van der Waals surface area (Å²) in [5.41, 5.74) is 2.65. The molecule has 0 aliphatic rings. The van der Waals surface area contributed by atoms with E-state index in [9.17, 15) is 4.79 Å². The number of aromatic nitrogens is 3. The van der Waals surface area contributed by atoms with E-state index >= 15 is 0 Å². The van der Waals surface area contributed by atoms with Crippen molar-refractivity contribution in [1.82, 2.24) is 19.7 Å². The fraction of sp³-hybridized carbons (Fsp3) is 0.167. The SMILES string of the molecule is CC(c1ccc(-n2cncn2)cc1)N(C)C(=O)Nc1ccc(Cl)cc1. The van der Waals surface area contributed by atoms with Crippen LogP contribution in [-0.4, -0.2) is 32.7 Å². The number of nitrogens with one attached hydrogen (secondary N) is 1. The standard InChI is InChI=1S/C18H18ClN5O/c1-13(14-3-9-17(10-4-14)24-12-20-11-21-24)23(2)18(25)22-16-7-5-15(19)6-8-16/h3-13H,1-2H3,(H,22,25). The van der Waals surface area contributed by atoms with E-state index in [2.05, 4.69) is 15.4 Å². The second kappa shape index (κ2) is 7.36. The van der Waals surface area contributed by atoms with Crippen LogP contribution in [0.15, 0.2) is 61.2 Å². The fourth-order valence-corrected chi connectivity index (χ4v) is 2.52. The van der Waals surface area contributed by atoms with Crippen LogP contribution >= 0.6 is 11.6 Å². The molecule has 0 fully saturated rings. The third-order valence-corrected chi connectivity index (χ3v) is 4.31. The summed E-state index contributed by atoms with van der Waals surface area (Å²) in [6, 6.07) is 14.6. The first-order valence-electron chi connectivity index (χ1n) is 7.79. The Hall–Kier alpha value is -2.86. The maximum absolute atomic E-state index is 12.4. The number of hydrogen-bond donors (Lipinski definition) is 1. The average Bonchev–Trinajstić information content (AvgIpc) is 3.17. The van der Waals surface area contributed by atoms with Crippen molar-refractivity contribution in [1.29, 1.82) is 0 Å². The molecule has 0 aliphatic carbocycles. The topological polar surface area (TPSA) is 63.1 Å². The Bertz CT molecular complexity index is 831. The van der Waals surface area contributed by atoms with E-state index in [1.54, 1.807) is 47.2 Å². The molecule has 3 rings (SSSR count). The van der Waals surface area contributed by atoms with Gasteiger partial charge in [-0.15, -0.1) is 0 Å². The quantitative estimate of drug-likeness (QED) is 0.764. The molecule has 0 aliphatic heterocycles. The molecule has 7 heteroatoms. The van der Waals surface area contributed by atoms with Crippen LogP contribution in [0.2, 0.25) is 5.02 Å². The zero-order valence-electron chi connectivity index (χ0n) is 13.9. The van der Waals surface area contributed by atoms with Crippen LogP contribution in [0.1, 0.15) is 18.5 Å². The molecule has 0 bridgehead atoms. The summed E-state index contributed by atoms with van der Waals surface area (Å²) in [7, 11) is 1.77. The molecule has 0 saturated carbocycles. The van der Waals surface area contributed by atoms with E-state index < -0.39 is 0 Å². The number of nitrogens with zero attached hydrogens (tertiary/aromatic N) is 4. The van der Waals surface area contributed by atoms with Gasteiger partial charge in [0.1, 0.15) is 12.7 Å². The lowest BCUT2D eigenvalue weighted by Crippen LogP contribution is -2.33. The van der Waals surface area contributed by atoms with Crippen molar-refractivity contribution in [2.24, 2.45) is 0 Å². The minimum absolute atomic E-state index is 0.0860. The number of hydrogen-bond acceptors (Lipinski definition) is 3. The highest BCUT2D eigenvalue weighted by molar-refractivity contribution is 6.30. The molecule has 25 heavy (non-hydrogen) atoms. The minimum atomic E-state index is -0.185. The zero-order chi connectivity index (χ0) is 17.8. The predicted molar refractivity (Wildman–Crippen MR) is 98.0 cm³/mol. The van der Waals surface area contributed by atoms with Gasteiger partial charge < -0.3 is 10.2 Å². The van der Waals surface area contributed by atoms with Gasteiger partial charge in [-0.1, -0.05) is 23.7 Å². The Labute approximate surface area is 151 Å². The second-order valence-corrected chi connectivity index (χ2v) is 6.09. The predicted octanol–water partition coefficient (Wildman–Crippen LogP) is 4.15. The Balaban J connectivity index is 1.67. The lowest BCUT2D eigenvalue weighted by molar-refractivity contribution is 0.208. The number of halogens is 1. The molecule has 1 heterocycles. The van der Waals surface area contributed by atoms with E-state index in [1.807, 2.05) is 31.2 Å². The molecular formula is C18H18ClN5O. The molecule has 1 N–H and O–H groups in total. The van der Waals surface area contributed by atoms with Crippen LogP contribution in [0.5, 0.6) is 0 Å². The minimum Gasteiger partial charge on any atom is -0.321 e. The maximum Gasteiger partial charge on any atom is 0.322 e. The van der Waals surface area contributed by atoms with Gasteiger partial charge in [0, 0.05) is 17.8 Å². The largest absolute Gasteiger partial charge is 0.322 e. The average molecular weight is 356 g/mol. The van der Waals surface area contributed by atoms with Gasteiger partial charge in [-0.2, -0.15) is 5.10 Å². The Kier molecular flexibility index (Phi) is 5.00. The van der Waals surface area contributed by atoms with Crippen molar-refractivity contribution in [2.75, 3.05) is 12.4 Å². The maximum atomic E-state index is 12.4. The highest BCUT2D eigenvalue weighted by Gasteiger charge is 2.17. The van der Waals surface area contributed by atoms with Gasteiger partial charge in [-0.3, -0.25) is 0 Å². The van der Waals surface area contributed by atoms with Gasteiger partial charge in [0.05, 0.1) is 11.7 Å². The molecule has 0 radical (unpaired) electrons. The summed E-state index contributed by atoms with van der Waals surface area (Å²) in [6.07, 6.45) is 3.13. The summed E-state index contributed by atoms with van der Waals surface area (Å²) >= 11 is 5.86. The normalized spacial score (nSPS) is 11.8. The van der Waals surface area contributed by atoms with Crippen molar-refractivity contribution in [3.05, 3.63) is 71.8 Å². The van der Waals surface area contributed by atoms with Crippen LogP contribution in [0.25, 0.3) is 5.69 Å². The van der Waals surface area contributed by atoms with Gasteiger partial charge in [-0.05, 0) is 48.9 Å². The van der Waals surface area contributed by atoms with Crippen molar-refractivity contribution >= 4 is 23.3 Å². The number of anilines is 1. The van der Waals surface area contributed by atoms with Crippen molar-refractivity contribution in [3.63, 3.8) is 0 Å². The summed E-state index contributed by atoms with van der Waals surface area (Å²) in [6.45, 7) is 1.98. The molecule has 128 valence electrons. The zero-order valence-corrected chi connectivity index (χ0v) is 14.7. The van der Waals surface area contributed by atoms with Gasteiger partial charge in [-0.25, -0.2) is 14.5 Å². The van der Waals surface area contributed by atoms with E-state index in [-0.39, 0.29) is 12.1 Å². The van der Waals surface area contributed by atoms with Gasteiger partial charge in [0.2, 0.25) is 0 Å². The molecule has 3 aromatic rings. The van der Waals surface area contributed by atoms with E-state index in [0.717, 1.165) is 11.3 Å². The Morgan fingerprint density at radius 3 is 2.44 bits per heavy atom. The lowest BCUT2D eigenvalue weighted by atomic mass is 10.1. The summed E-state index contributed by atoms with van der Waals surface area (Å²) in [5.74, 6) is 0. The van der Waals surface area contributed by atoms with Crippen molar-refractivity contribution < 1.29 is 4.79 Å². The first-order valence-corrected chi connectivity index (χ1v) is 8.17. The van der Waals surface area contributed by atoms with Gasteiger partial charge in [0.15, 0.2) is 0 Å². The monoisotopic (exact) mass is 355 g/mol. The molecule has 0 saturated heterocycles. The van der Waals surface area contributed by atoms with E-state index in [1.165, 1.54) is 6.33 Å². The van der Waals surface area contributed by atoms with Crippen LogP contribution < -0.4 is 5.32 Å². The smallest absolute Gasteiger partial charge is 0.321 e. The molecule has 1 aromatic heterocycles. The fourth-order valence-electron chi connectivity index (χ4n) is 2.39. The van der Waals surface area contributed by atoms with Crippen molar-refractivity contribution in [2.45, 2.75) is 13.0 Å². The highest BCUT2D eigenvalue weighted by Crippen LogP contribution is 2.21. The summed E-state index contributed by atoms with van der Waals surface area (Å²) < 4.78 is 1.69. The molecule has 1 atom stereocenters. The number of rotatable bonds is 4.